The van der Waals surface area contributed by atoms with Crippen molar-refractivity contribution in [2.75, 3.05) is 0 Å². The molecular weight excluding hydrogens is 194 g/mol. The van der Waals surface area contributed by atoms with Gasteiger partial charge in [-0.15, -0.1) is 0 Å². The molecule has 1 aliphatic rings. The van der Waals surface area contributed by atoms with Crippen LogP contribution in [0.5, 0.6) is 0 Å². The van der Waals surface area contributed by atoms with Gasteiger partial charge in [0.05, 0.1) is 6.10 Å². The lowest BCUT2D eigenvalue weighted by Gasteiger charge is -2.26. The van der Waals surface area contributed by atoms with Crippen LogP contribution < -0.4 is 0 Å². The Hall–Kier alpha value is -0.710. The summed E-state index contributed by atoms with van der Waals surface area (Å²) in [5.74, 6) is -4.89. The molecule has 0 unspecified atom stereocenters. The fourth-order valence-electron chi connectivity index (χ4n) is 1.42. The third-order valence-corrected chi connectivity index (χ3v) is 2.28. The average molecular weight is 208 g/mol. The molecule has 1 rings (SSSR count). The number of esters is 1. The number of carbonyl (C=O) groups is 1. The molecule has 1 saturated carbocycles. The van der Waals surface area contributed by atoms with Crippen molar-refractivity contribution in [2.45, 2.75) is 50.7 Å². The molecule has 1 fully saturated rings. The predicted octanol–water partition coefficient (Wildman–Crippen LogP) is 1.49. The molecule has 0 aromatic heterocycles. The molecule has 3 nitrogen and oxygen atoms in total. The standard InChI is InChI=1S/C9H14F2O3/c1-9(10,11)8(13)14-7-4-2-6(12)3-5-7/h6-7,12H,2-5H2,1H3. The van der Waals surface area contributed by atoms with E-state index in [1.165, 1.54) is 0 Å². The molecule has 0 atom stereocenters. The van der Waals surface area contributed by atoms with Gasteiger partial charge in [0, 0.05) is 6.92 Å². The summed E-state index contributed by atoms with van der Waals surface area (Å²) >= 11 is 0. The van der Waals surface area contributed by atoms with Gasteiger partial charge in [-0.3, -0.25) is 0 Å². The number of aliphatic hydroxyl groups is 1. The number of hydrogen-bond donors (Lipinski definition) is 1. The monoisotopic (exact) mass is 208 g/mol. The lowest BCUT2D eigenvalue weighted by atomic mass is 9.95. The van der Waals surface area contributed by atoms with Crippen molar-refractivity contribution in [3.05, 3.63) is 0 Å². The van der Waals surface area contributed by atoms with Crippen LogP contribution in [0.4, 0.5) is 8.78 Å². The van der Waals surface area contributed by atoms with Crippen molar-refractivity contribution in [3.63, 3.8) is 0 Å². The molecule has 0 spiro atoms. The molecule has 0 radical (unpaired) electrons. The minimum atomic E-state index is -3.42. The largest absolute Gasteiger partial charge is 0.458 e. The summed E-state index contributed by atoms with van der Waals surface area (Å²) in [5.41, 5.74) is 0. The maximum absolute atomic E-state index is 12.4. The summed E-state index contributed by atoms with van der Waals surface area (Å²) in [4.78, 5) is 10.8. The van der Waals surface area contributed by atoms with E-state index in [2.05, 4.69) is 4.74 Å². The Kier molecular flexibility index (Phi) is 3.42. The van der Waals surface area contributed by atoms with E-state index in [1.807, 2.05) is 0 Å². The second kappa shape index (κ2) is 4.21. The number of rotatable bonds is 2. The molecule has 0 aromatic rings. The topological polar surface area (TPSA) is 46.5 Å². The van der Waals surface area contributed by atoms with E-state index >= 15 is 0 Å². The van der Waals surface area contributed by atoms with E-state index < -0.39 is 18.0 Å². The van der Waals surface area contributed by atoms with Crippen molar-refractivity contribution in [1.29, 1.82) is 0 Å². The third kappa shape index (κ3) is 3.21. The maximum Gasteiger partial charge on any atom is 0.376 e. The molecule has 0 aliphatic heterocycles. The fourth-order valence-corrected chi connectivity index (χ4v) is 1.42. The van der Waals surface area contributed by atoms with Crippen LogP contribution >= 0.6 is 0 Å². The van der Waals surface area contributed by atoms with Gasteiger partial charge in [-0.05, 0) is 25.7 Å². The highest BCUT2D eigenvalue weighted by atomic mass is 19.3. The highest BCUT2D eigenvalue weighted by molar-refractivity contribution is 5.77. The summed E-state index contributed by atoms with van der Waals surface area (Å²) in [6.07, 6.45) is 1.09. The quantitative estimate of drug-likeness (QED) is 0.699. The third-order valence-electron chi connectivity index (χ3n) is 2.28. The predicted molar refractivity (Wildman–Crippen MR) is 45.0 cm³/mol. The second-order valence-corrected chi connectivity index (χ2v) is 3.72. The normalized spacial score (nSPS) is 28.6. The molecular formula is C9H14F2O3. The smallest absolute Gasteiger partial charge is 0.376 e. The minimum Gasteiger partial charge on any atom is -0.458 e. The van der Waals surface area contributed by atoms with Crippen molar-refractivity contribution >= 4 is 5.97 Å². The maximum atomic E-state index is 12.4. The van der Waals surface area contributed by atoms with Gasteiger partial charge in [-0.25, -0.2) is 4.79 Å². The van der Waals surface area contributed by atoms with Crippen LogP contribution in [-0.4, -0.2) is 29.2 Å². The SMILES string of the molecule is CC(F)(F)C(=O)OC1CCC(O)CC1. The summed E-state index contributed by atoms with van der Waals surface area (Å²) in [5, 5.41) is 9.13. The molecule has 0 aromatic carbocycles. The molecule has 0 amide bonds. The van der Waals surface area contributed by atoms with Gasteiger partial charge in [-0.2, -0.15) is 8.78 Å². The number of halogens is 2. The Balaban J connectivity index is 2.35. The first kappa shape index (κ1) is 11.4. The van der Waals surface area contributed by atoms with Crippen LogP contribution in [0.25, 0.3) is 0 Å². The summed E-state index contributed by atoms with van der Waals surface area (Å²) in [6.45, 7) is 0.521. The van der Waals surface area contributed by atoms with E-state index in [0.29, 0.717) is 32.6 Å². The molecule has 1 N–H and O–H groups in total. The number of carbonyl (C=O) groups excluding carboxylic acids is 1. The molecule has 1 aliphatic carbocycles. The first-order valence-electron chi connectivity index (χ1n) is 4.66. The number of ether oxygens (including phenoxy) is 1. The molecule has 0 heterocycles. The van der Waals surface area contributed by atoms with Crippen LogP contribution in [-0.2, 0) is 9.53 Å². The molecule has 0 bridgehead atoms. The van der Waals surface area contributed by atoms with Gasteiger partial charge in [-0.1, -0.05) is 0 Å². The number of aliphatic hydroxyl groups excluding tert-OH is 1. The highest BCUT2D eigenvalue weighted by Gasteiger charge is 2.36. The van der Waals surface area contributed by atoms with Gasteiger partial charge < -0.3 is 9.84 Å². The number of hydrogen-bond acceptors (Lipinski definition) is 3. The lowest BCUT2D eigenvalue weighted by molar-refractivity contribution is -0.177. The Bertz CT molecular complexity index is 205. The van der Waals surface area contributed by atoms with Gasteiger partial charge in [0.25, 0.3) is 0 Å². The Morgan fingerprint density at radius 2 is 1.86 bits per heavy atom. The molecule has 5 heteroatoms. The van der Waals surface area contributed by atoms with Gasteiger partial charge >= 0.3 is 11.9 Å². The second-order valence-electron chi connectivity index (χ2n) is 3.72. The Morgan fingerprint density at radius 3 is 2.29 bits per heavy atom. The molecule has 0 saturated heterocycles. The van der Waals surface area contributed by atoms with Crippen LogP contribution in [0.1, 0.15) is 32.6 Å². The van der Waals surface area contributed by atoms with Crippen LogP contribution in [0.15, 0.2) is 0 Å². The fraction of sp³-hybridized carbons (Fsp3) is 0.889. The summed E-state index contributed by atoms with van der Waals surface area (Å²) in [6, 6.07) is 0. The van der Waals surface area contributed by atoms with E-state index in [4.69, 9.17) is 5.11 Å². The van der Waals surface area contributed by atoms with Gasteiger partial charge in [0.2, 0.25) is 0 Å². The van der Waals surface area contributed by atoms with E-state index in [-0.39, 0.29) is 6.10 Å². The zero-order chi connectivity index (χ0) is 10.8. The Morgan fingerprint density at radius 1 is 1.36 bits per heavy atom. The van der Waals surface area contributed by atoms with Crippen LogP contribution in [0.2, 0.25) is 0 Å². The summed E-state index contributed by atoms with van der Waals surface area (Å²) < 4.78 is 29.5. The molecule has 82 valence electrons. The van der Waals surface area contributed by atoms with E-state index in [9.17, 15) is 13.6 Å². The van der Waals surface area contributed by atoms with E-state index in [0.717, 1.165) is 0 Å². The number of alkyl halides is 2. The van der Waals surface area contributed by atoms with E-state index in [1.54, 1.807) is 0 Å². The zero-order valence-corrected chi connectivity index (χ0v) is 8.00. The Labute approximate surface area is 81.1 Å². The lowest BCUT2D eigenvalue weighted by Crippen LogP contribution is -2.33. The van der Waals surface area contributed by atoms with Crippen LogP contribution in [0, 0.1) is 0 Å². The highest BCUT2D eigenvalue weighted by Crippen LogP contribution is 2.23. The van der Waals surface area contributed by atoms with Gasteiger partial charge in [0.15, 0.2) is 0 Å². The van der Waals surface area contributed by atoms with Crippen molar-refractivity contribution < 1.29 is 23.4 Å². The first-order valence-corrected chi connectivity index (χ1v) is 4.66. The van der Waals surface area contributed by atoms with Crippen LogP contribution in [0.3, 0.4) is 0 Å². The van der Waals surface area contributed by atoms with Crippen molar-refractivity contribution in [1.82, 2.24) is 0 Å². The molecule has 14 heavy (non-hydrogen) atoms. The summed E-state index contributed by atoms with van der Waals surface area (Å²) in [7, 11) is 0. The van der Waals surface area contributed by atoms with Gasteiger partial charge in [0.1, 0.15) is 6.10 Å². The average Bonchev–Trinajstić information content (AvgIpc) is 2.07. The van der Waals surface area contributed by atoms with Crippen molar-refractivity contribution in [2.24, 2.45) is 0 Å². The first-order chi connectivity index (χ1) is 6.39. The minimum absolute atomic E-state index is 0.382. The zero-order valence-electron chi connectivity index (χ0n) is 8.00. The van der Waals surface area contributed by atoms with Crippen molar-refractivity contribution in [3.8, 4) is 0 Å².